The number of amides is 1. The van der Waals surface area contributed by atoms with Gasteiger partial charge in [0.05, 0.1) is 12.2 Å². The number of hydrogen-bond acceptors (Lipinski definition) is 5. The summed E-state index contributed by atoms with van der Waals surface area (Å²) in [6.07, 6.45) is 0. The van der Waals surface area contributed by atoms with Crippen molar-refractivity contribution in [3.63, 3.8) is 0 Å². The van der Waals surface area contributed by atoms with Crippen molar-refractivity contribution in [1.29, 1.82) is 0 Å². The fourth-order valence-electron chi connectivity index (χ4n) is 3.09. The van der Waals surface area contributed by atoms with E-state index in [1.165, 1.54) is 11.1 Å². The minimum Gasteiger partial charge on any atom is -0.361 e. The molecule has 2 heterocycles. The van der Waals surface area contributed by atoms with E-state index in [-0.39, 0.29) is 5.91 Å². The Morgan fingerprint density at radius 1 is 1.16 bits per heavy atom. The predicted octanol–water partition coefficient (Wildman–Crippen LogP) is 1.73. The van der Waals surface area contributed by atoms with Gasteiger partial charge in [-0.15, -0.1) is 0 Å². The molecule has 6 heteroatoms. The molecule has 3 rings (SSSR count). The molecule has 1 aromatic heterocycles. The summed E-state index contributed by atoms with van der Waals surface area (Å²) in [7, 11) is 0. The van der Waals surface area contributed by atoms with Gasteiger partial charge in [0.15, 0.2) is 0 Å². The van der Waals surface area contributed by atoms with Gasteiger partial charge in [0.1, 0.15) is 5.76 Å². The van der Waals surface area contributed by atoms with Gasteiger partial charge in [0.25, 0.3) is 0 Å². The van der Waals surface area contributed by atoms with Crippen LogP contribution in [0, 0.1) is 13.8 Å². The fraction of sp³-hybridized carbons (Fsp3) is 0.474. The van der Waals surface area contributed by atoms with Crippen LogP contribution in [0.5, 0.6) is 0 Å². The summed E-state index contributed by atoms with van der Waals surface area (Å²) < 4.78 is 5.11. The van der Waals surface area contributed by atoms with Crippen LogP contribution >= 0.6 is 0 Å². The number of benzene rings is 1. The molecule has 1 fully saturated rings. The molecule has 0 saturated carbocycles. The van der Waals surface area contributed by atoms with Gasteiger partial charge < -0.3 is 9.84 Å². The molecular formula is C19H26N4O2. The van der Waals surface area contributed by atoms with Gasteiger partial charge >= 0.3 is 0 Å². The average molecular weight is 342 g/mol. The summed E-state index contributed by atoms with van der Waals surface area (Å²) in [5.74, 6) is 0.933. The van der Waals surface area contributed by atoms with E-state index in [2.05, 4.69) is 39.3 Å². The van der Waals surface area contributed by atoms with Crippen molar-refractivity contribution in [2.75, 3.05) is 32.7 Å². The van der Waals surface area contributed by atoms with E-state index in [4.69, 9.17) is 4.52 Å². The van der Waals surface area contributed by atoms with Crippen LogP contribution in [0.25, 0.3) is 0 Å². The highest BCUT2D eigenvalue weighted by Crippen LogP contribution is 2.09. The first-order valence-electron chi connectivity index (χ1n) is 8.78. The van der Waals surface area contributed by atoms with Gasteiger partial charge in [-0.1, -0.05) is 29.4 Å². The Morgan fingerprint density at radius 3 is 2.56 bits per heavy atom. The number of carbonyl (C=O) groups is 1. The van der Waals surface area contributed by atoms with Gasteiger partial charge in [0.2, 0.25) is 5.91 Å². The third-order valence-electron chi connectivity index (χ3n) is 4.63. The van der Waals surface area contributed by atoms with Crippen LogP contribution in [-0.4, -0.2) is 53.6 Å². The normalized spacial score (nSPS) is 16.1. The number of nitrogens with zero attached hydrogens (tertiary/aromatic N) is 3. The third kappa shape index (κ3) is 5.14. The smallest absolute Gasteiger partial charge is 0.234 e. The zero-order valence-electron chi connectivity index (χ0n) is 15.0. The Morgan fingerprint density at radius 2 is 1.88 bits per heavy atom. The lowest BCUT2D eigenvalue weighted by Crippen LogP contribution is -2.49. The Hall–Kier alpha value is -2.18. The molecule has 134 valence electrons. The Kier molecular flexibility index (Phi) is 5.83. The van der Waals surface area contributed by atoms with E-state index in [1.807, 2.05) is 25.1 Å². The molecule has 1 amide bonds. The number of aromatic nitrogens is 1. The van der Waals surface area contributed by atoms with E-state index in [1.54, 1.807) is 0 Å². The summed E-state index contributed by atoms with van der Waals surface area (Å²) in [5, 5.41) is 7.07. The molecular weight excluding hydrogens is 316 g/mol. The fourth-order valence-corrected chi connectivity index (χ4v) is 3.09. The molecule has 2 aromatic rings. The first-order chi connectivity index (χ1) is 12.1. The van der Waals surface area contributed by atoms with Crippen LogP contribution < -0.4 is 5.32 Å². The summed E-state index contributed by atoms with van der Waals surface area (Å²) in [5.41, 5.74) is 3.35. The van der Waals surface area contributed by atoms with Crippen molar-refractivity contribution in [2.24, 2.45) is 0 Å². The van der Waals surface area contributed by atoms with Crippen molar-refractivity contribution < 1.29 is 9.32 Å². The highest BCUT2D eigenvalue weighted by atomic mass is 16.5. The quantitative estimate of drug-likeness (QED) is 0.866. The zero-order valence-corrected chi connectivity index (χ0v) is 15.0. The van der Waals surface area contributed by atoms with Crippen LogP contribution in [0.1, 0.15) is 22.6 Å². The van der Waals surface area contributed by atoms with Crippen LogP contribution in [-0.2, 0) is 17.9 Å². The van der Waals surface area contributed by atoms with Crippen molar-refractivity contribution in [1.82, 2.24) is 20.3 Å². The van der Waals surface area contributed by atoms with Crippen molar-refractivity contribution in [3.8, 4) is 0 Å². The van der Waals surface area contributed by atoms with E-state index in [0.717, 1.165) is 44.2 Å². The molecule has 1 aliphatic rings. The van der Waals surface area contributed by atoms with Crippen LogP contribution in [0.15, 0.2) is 34.9 Å². The largest absolute Gasteiger partial charge is 0.361 e. The van der Waals surface area contributed by atoms with Crippen molar-refractivity contribution >= 4 is 5.91 Å². The molecule has 1 aliphatic heterocycles. The van der Waals surface area contributed by atoms with Crippen LogP contribution in [0.3, 0.4) is 0 Å². The lowest BCUT2D eigenvalue weighted by Gasteiger charge is -2.33. The standard InChI is InChI=1S/C19H26N4O2/c1-15-5-3-4-6-17(15)12-20-19(24)14-23-9-7-22(8-10-23)13-18-11-16(2)25-21-18/h3-6,11H,7-10,12-14H2,1-2H3,(H,20,24). The summed E-state index contributed by atoms with van der Waals surface area (Å²) in [4.78, 5) is 16.7. The van der Waals surface area contributed by atoms with E-state index < -0.39 is 0 Å². The maximum atomic E-state index is 12.2. The molecule has 6 nitrogen and oxygen atoms in total. The molecule has 0 aliphatic carbocycles. The number of aryl methyl sites for hydroxylation is 2. The van der Waals surface area contributed by atoms with E-state index in [9.17, 15) is 4.79 Å². The second-order valence-corrected chi connectivity index (χ2v) is 6.68. The van der Waals surface area contributed by atoms with Crippen molar-refractivity contribution in [2.45, 2.75) is 26.9 Å². The minimum atomic E-state index is 0.0869. The number of rotatable bonds is 6. The van der Waals surface area contributed by atoms with Gasteiger partial charge in [0, 0.05) is 45.3 Å². The Bertz CT molecular complexity index is 705. The number of nitrogens with one attached hydrogen (secondary N) is 1. The molecule has 1 aromatic carbocycles. The van der Waals surface area contributed by atoms with Gasteiger partial charge in [-0.3, -0.25) is 14.6 Å². The molecule has 0 unspecified atom stereocenters. The lowest BCUT2D eigenvalue weighted by molar-refractivity contribution is -0.122. The molecule has 25 heavy (non-hydrogen) atoms. The van der Waals surface area contributed by atoms with Gasteiger partial charge in [-0.25, -0.2) is 0 Å². The maximum absolute atomic E-state index is 12.2. The zero-order chi connectivity index (χ0) is 17.6. The van der Waals surface area contributed by atoms with Gasteiger partial charge in [-0.05, 0) is 25.0 Å². The third-order valence-corrected chi connectivity index (χ3v) is 4.63. The molecule has 0 atom stereocenters. The SMILES string of the molecule is Cc1cc(CN2CCN(CC(=O)NCc3ccccc3C)CC2)no1. The number of piperazine rings is 1. The van der Waals surface area contributed by atoms with Crippen LogP contribution in [0.2, 0.25) is 0 Å². The minimum absolute atomic E-state index is 0.0869. The summed E-state index contributed by atoms with van der Waals surface area (Å²) in [6, 6.07) is 10.1. The maximum Gasteiger partial charge on any atom is 0.234 e. The highest BCUT2D eigenvalue weighted by molar-refractivity contribution is 5.78. The number of carbonyl (C=O) groups excluding carboxylic acids is 1. The predicted molar refractivity (Wildman–Crippen MR) is 96.0 cm³/mol. The Balaban J connectivity index is 1.38. The van der Waals surface area contributed by atoms with Crippen LogP contribution in [0.4, 0.5) is 0 Å². The van der Waals surface area contributed by atoms with Gasteiger partial charge in [-0.2, -0.15) is 0 Å². The Labute approximate surface area is 148 Å². The molecule has 0 spiro atoms. The summed E-state index contributed by atoms with van der Waals surface area (Å²) in [6.45, 7) is 9.52. The monoisotopic (exact) mass is 342 g/mol. The molecule has 1 N–H and O–H groups in total. The first-order valence-corrected chi connectivity index (χ1v) is 8.78. The highest BCUT2D eigenvalue weighted by Gasteiger charge is 2.19. The van der Waals surface area contributed by atoms with E-state index in [0.29, 0.717) is 13.1 Å². The first kappa shape index (κ1) is 17.6. The summed E-state index contributed by atoms with van der Waals surface area (Å²) >= 11 is 0. The topological polar surface area (TPSA) is 61.6 Å². The lowest BCUT2D eigenvalue weighted by atomic mass is 10.1. The van der Waals surface area contributed by atoms with Crippen molar-refractivity contribution in [3.05, 3.63) is 52.9 Å². The molecule has 0 radical (unpaired) electrons. The average Bonchev–Trinajstić information content (AvgIpc) is 3.01. The van der Waals surface area contributed by atoms with E-state index >= 15 is 0 Å². The number of hydrogen-bond donors (Lipinski definition) is 1. The molecule has 0 bridgehead atoms. The molecule has 1 saturated heterocycles. The second-order valence-electron chi connectivity index (χ2n) is 6.68. The second kappa shape index (κ2) is 8.27.